The molecule has 0 unspecified atom stereocenters. The average molecular weight is 492 g/mol. The minimum absolute atomic E-state index is 0. The number of hydrogen-bond donors (Lipinski definition) is 2. The third-order valence-corrected chi connectivity index (χ3v) is 4.73. The molecule has 1 saturated carbocycles. The smallest absolute Gasteiger partial charge is 0.327 e. The molecule has 27 heavy (non-hydrogen) atoms. The summed E-state index contributed by atoms with van der Waals surface area (Å²) in [6.45, 7) is 8.85. The zero-order chi connectivity index (χ0) is 19.0. The van der Waals surface area contributed by atoms with E-state index in [-0.39, 0.29) is 36.5 Å². The van der Waals surface area contributed by atoms with E-state index in [0.717, 1.165) is 19.0 Å². The molecule has 0 bridgehead atoms. The van der Waals surface area contributed by atoms with Gasteiger partial charge in [0.2, 0.25) is 0 Å². The molecule has 0 aromatic carbocycles. The Labute approximate surface area is 178 Å². The van der Waals surface area contributed by atoms with Crippen molar-refractivity contribution in [3.63, 3.8) is 0 Å². The first-order valence-electron chi connectivity index (χ1n) is 9.44. The van der Waals surface area contributed by atoms with Crippen LogP contribution in [0.3, 0.4) is 0 Å². The molecule has 1 aliphatic rings. The number of nitrogens with zero attached hydrogens (tertiary/aromatic N) is 4. The minimum atomic E-state index is -0.351. The van der Waals surface area contributed by atoms with Gasteiger partial charge in [0, 0.05) is 13.1 Å². The predicted octanol–water partition coefficient (Wildman–Crippen LogP) is 2.34. The van der Waals surface area contributed by atoms with E-state index < -0.39 is 0 Å². The van der Waals surface area contributed by atoms with Crippen LogP contribution in [0.4, 0.5) is 0 Å². The number of ether oxygens (including phenoxy) is 1. The Morgan fingerprint density at radius 1 is 1.41 bits per heavy atom. The summed E-state index contributed by atoms with van der Waals surface area (Å²) in [6, 6.07) is 0. The third-order valence-electron chi connectivity index (χ3n) is 4.73. The molecule has 0 spiro atoms. The molecule has 154 valence electrons. The summed E-state index contributed by atoms with van der Waals surface area (Å²) in [6.07, 6.45) is 6.88. The van der Waals surface area contributed by atoms with Crippen molar-refractivity contribution in [1.29, 1.82) is 0 Å². The highest BCUT2D eigenvalue weighted by Gasteiger charge is 2.37. The molecular weight excluding hydrogens is 459 g/mol. The minimum Gasteiger partial charge on any atom is -0.468 e. The van der Waals surface area contributed by atoms with Crippen LogP contribution in [0.1, 0.15) is 52.1 Å². The van der Waals surface area contributed by atoms with Crippen molar-refractivity contribution in [2.75, 3.05) is 20.2 Å². The Kier molecular flexibility index (Phi) is 10.0. The Morgan fingerprint density at radius 3 is 2.70 bits per heavy atom. The van der Waals surface area contributed by atoms with Crippen molar-refractivity contribution in [3.8, 4) is 0 Å². The van der Waals surface area contributed by atoms with E-state index in [0.29, 0.717) is 23.6 Å². The highest BCUT2D eigenvalue weighted by Crippen LogP contribution is 2.45. The van der Waals surface area contributed by atoms with E-state index in [1.54, 1.807) is 6.20 Å². The second kappa shape index (κ2) is 11.5. The van der Waals surface area contributed by atoms with Crippen LogP contribution in [0.2, 0.25) is 0 Å². The summed E-state index contributed by atoms with van der Waals surface area (Å²) < 4.78 is 6.09. The lowest BCUT2D eigenvalue weighted by molar-refractivity contribution is -0.141. The number of hydrogen-bond acceptors (Lipinski definition) is 5. The van der Waals surface area contributed by atoms with Gasteiger partial charge in [-0.1, -0.05) is 25.5 Å². The molecule has 2 N–H and O–H groups in total. The van der Waals surface area contributed by atoms with Gasteiger partial charge in [0.05, 0.1) is 19.9 Å². The van der Waals surface area contributed by atoms with Crippen molar-refractivity contribution in [1.82, 2.24) is 25.6 Å². The Bertz CT molecular complexity index is 613. The van der Waals surface area contributed by atoms with E-state index >= 15 is 0 Å². The number of rotatable bonds is 9. The second-order valence-corrected chi connectivity index (χ2v) is 7.48. The van der Waals surface area contributed by atoms with Crippen LogP contribution >= 0.6 is 24.0 Å². The highest BCUT2D eigenvalue weighted by atomic mass is 127. The van der Waals surface area contributed by atoms with Crippen LogP contribution in [0.15, 0.2) is 11.2 Å². The quantitative estimate of drug-likeness (QED) is 0.238. The molecule has 2 rings (SSSR count). The first-order chi connectivity index (χ1) is 12.5. The van der Waals surface area contributed by atoms with Crippen LogP contribution in [0, 0.1) is 11.3 Å². The summed E-state index contributed by atoms with van der Waals surface area (Å²) >= 11 is 0. The molecule has 8 nitrogen and oxygen atoms in total. The van der Waals surface area contributed by atoms with Gasteiger partial charge in [-0.2, -0.15) is 0 Å². The van der Waals surface area contributed by atoms with E-state index in [9.17, 15) is 4.79 Å². The normalized spacial score (nSPS) is 15.7. The monoisotopic (exact) mass is 492 g/mol. The fraction of sp³-hybridized carbons (Fsp3) is 0.778. The maximum atomic E-state index is 11.3. The fourth-order valence-corrected chi connectivity index (χ4v) is 3.45. The lowest BCUT2D eigenvalue weighted by Crippen LogP contribution is -2.47. The maximum absolute atomic E-state index is 11.3. The summed E-state index contributed by atoms with van der Waals surface area (Å²) in [4.78, 5) is 15.9. The number of guanidine groups is 1. The van der Waals surface area contributed by atoms with Gasteiger partial charge in [0.1, 0.15) is 12.2 Å². The van der Waals surface area contributed by atoms with Crippen molar-refractivity contribution in [3.05, 3.63) is 11.9 Å². The molecule has 0 aliphatic heterocycles. The molecule has 0 amide bonds. The molecule has 9 heteroatoms. The lowest BCUT2D eigenvalue weighted by atomic mass is 9.64. The predicted molar refractivity (Wildman–Crippen MR) is 116 cm³/mol. The second-order valence-electron chi connectivity index (χ2n) is 7.48. The molecule has 1 aromatic heterocycles. The Balaban J connectivity index is 0.00000364. The topological polar surface area (TPSA) is 93.4 Å². The third kappa shape index (κ3) is 7.63. The van der Waals surface area contributed by atoms with Crippen LogP contribution in [-0.2, 0) is 22.6 Å². The fourth-order valence-electron chi connectivity index (χ4n) is 3.45. The van der Waals surface area contributed by atoms with E-state index in [2.05, 4.69) is 51.4 Å². The van der Waals surface area contributed by atoms with Crippen LogP contribution in [-0.4, -0.2) is 47.1 Å². The van der Waals surface area contributed by atoms with Gasteiger partial charge in [0.25, 0.3) is 0 Å². The van der Waals surface area contributed by atoms with Crippen molar-refractivity contribution in [2.45, 2.75) is 59.5 Å². The van der Waals surface area contributed by atoms with Crippen LogP contribution < -0.4 is 10.6 Å². The highest BCUT2D eigenvalue weighted by molar-refractivity contribution is 14.0. The molecular formula is C18H33IN6O2. The number of aromatic nitrogens is 3. The molecule has 0 atom stereocenters. The standard InChI is InChI=1S/C18H32N6O2.HI/c1-5-19-17(21-13-18(7-6-8-18)9-14(2)3)20-10-15-11-24(23-22-15)12-16(25)26-4;/h11,14H,5-10,12-13H2,1-4H3,(H2,19,20,21);1H. The number of carbonyl (C=O) groups is 1. The number of halogens is 1. The number of aliphatic imine (C=N–C) groups is 1. The number of esters is 1. The van der Waals surface area contributed by atoms with Crippen molar-refractivity contribution >= 4 is 35.9 Å². The first-order valence-corrected chi connectivity index (χ1v) is 9.44. The molecule has 1 fully saturated rings. The molecule has 0 radical (unpaired) electrons. The lowest BCUT2D eigenvalue weighted by Gasteiger charge is -2.43. The molecule has 1 aliphatic carbocycles. The number of methoxy groups -OCH3 is 1. The van der Waals surface area contributed by atoms with Gasteiger partial charge in [0.15, 0.2) is 5.96 Å². The molecule has 1 aromatic rings. The first kappa shape index (κ1) is 23.6. The molecule has 0 saturated heterocycles. The van der Waals surface area contributed by atoms with E-state index in [1.807, 2.05) is 0 Å². The summed E-state index contributed by atoms with van der Waals surface area (Å²) in [5.74, 6) is 1.16. The molecule has 1 heterocycles. The Morgan fingerprint density at radius 2 is 2.15 bits per heavy atom. The summed E-state index contributed by atoms with van der Waals surface area (Å²) in [5.41, 5.74) is 1.13. The SMILES string of the molecule is CCNC(=NCc1cn(CC(=O)OC)nn1)NCC1(CC(C)C)CCC1.I. The van der Waals surface area contributed by atoms with Gasteiger partial charge in [-0.15, -0.1) is 29.1 Å². The zero-order valence-corrected chi connectivity index (χ0v) is 19.2. The maximum Gasteiger partial charge on any atom is 0.327 e. The van der Waals surface area contributed by atoms with Gasteiger partial charge in [-0.05, 0) is 37.5 Å². The van der Waals surface area contributed by atoms with Crippen LogP contribution in [0.5, 0.6) is 0 Å². The number of carbonyl (C=O) groups excluding carboxylic acids is 1. The van der Waals surface area contributed by atoms with Gasteiger partial charge < -0.3 is 15.4 Å². The van der Waals surface area contributed by atoms with Crippen LogP contribution in [0.25, 0.3) is 0 Å². The number of nitrogens with one attached hydrogen (secondary N) is 2. The Hall–Kier alpha value is -1.39. The van der Waals surface area contributed by atoms with E-state index in [1.165, 1.54) is 37.5 Å². The van der Waals surface area contributed by atoms with Gasteiger partial charge in [-0.3, -0.25) is 4.79 Å². The summed E-state index contributed by atoms with van der Waals surface area (Å²) in [5, 5.41) is 14.8. The zero-order valence-electron chi connectivity index (χ0n) is 16.8. The van der Waals surface area contributed by atoms with E-state index in [4.69, 9.17) is 0 Å². The van der Waals surface area contributed by atoms with Crippen molar-refractivity contribution in [2.24, 2.45) is 16.3 Å². The summed E-state index contributed by atoms with van der Waals surface area (Å²) in [7, 11) is 1.35. The van der Waals surface area contributed by atoms with Crippen molar-refractivity contribution < 1.29 is 9.53 Å². The van der Waals surface area contributed by atoms with Gasteiger partial charge in [-0.25, -0.2) is 9.67 Å². The largest absolute Gasteiger partial charge is 0.468 e. The average Bonchev–Trinajstić information content (AvgIpc) is 3.01. The van der Waals surface area contributed by atoms with Gasteiger partial charge >= 0.3 is 5.97 Å².